The van der Waals surface area contributed by atoms with E-state index in [0.717, 1.165) is 0 Å². The van der Waals surface area contributed by atoms with Crippen molar-refractivity contribution >= 4 is 5.91 Å². The SMILES string of the molecule is COc1ccc(-c2nnc(C3CC(NC(=O)c4ccccn4)C3)n2-c2ccccc2F)nc1. The Kier molecular flexibility index (Phi) is 5.52. The lowest BCUT2D eigenvalue weighted by molar-refractivity contribution is 0.0902. The van der Waals surface area contributed by atoms with Crippen LogP contribution in [-0.4, -0.2) is 43.8 Å². The Balaban J connectivity index is 1.42. The average molecular weight is 444 g/mol. The van der Waals surface area contributed by atoms with Crippen LogP contribution in [0.4, 0.5) is 4.39 Å². The van der Waals surface area contributed by atoms with Crippen LogP contribution in [0, 0.1) is 5.82 Å². The average Bonchev–Trinajstić information content (AvgIpc) is 3.26. The Labute approximate surface area is 189 Å². The van der Waals surface area contributed by atoms with Gasteiger partial charge in [-0.3, -0.25) is 14.3 Å². The number of pyridine rings is 2. The van der Waals surface area contributed by atoms with Gasteiger partial charge < -0.3 is 10.1 Å². The normalized spacial score (nSPS) is 17.3. The van der Waals surface area contributed by atoms with Crippen LogP contribution in [0.3, 0.4) is 0 Å². The van der Waals surface area contributed by atoms with Crippen LogP contribution in [0.2, 0.25) is 0 Å². The first kappa shape index (κ1) is 20.7. The zero-order valence-corrected chi connectivity index (χ0v) is 17.9. The number of hydrogen-bond donors (Lipinski definition) is 1. The zero-order chi connectivity index (χ0) is 22.8. The molecule has 5 rings (SSSR count). The largest absolute Gasteiger partial charge is 0.495 e. The van der Waals surface area contributed by atoms with Gasteiger partial charge in [-0.05, 0) is 49.2 Å². The van der Waals surface area contributed by atoms with Gasteiger partial charge in [0.05, 0.1) is 19.0 Å². The fraction of sp³-hybridized carbons (Fsp3) is 0.208. The first-order valence-electron chi connectivity index (χ1n) is 10.6. The minimum atomic E-state index is -0.382. The van der Waals surface area contributed by atoms with Gasteiger partial charge in [0.25, 0.3) is 5.91 Å². The summed E-state index contributed by atoms with van der Waals surface area (Å²) in [5.74, 6) is 1.11. The number of hydrogen-bond acceptors (Lipinski definition) is 6. The Morgan fingerprint density at radius 3 is 2.58 bits per heavy atom. The predicted molar refractivity (Wildman–Crippen MR) is 119 cm³/mol. The van der Waals surface area contributed by atoms with Gasteiger partial charge in [0.1, 0.15) is 28.8 Å². The first-order chi connectivity index (χ1) is 16.1. The van der Waals surface area contributed by atoms with Crippen molar-refractivity contribution in [2.75, 3.05) is 7.11 Å². The zero-order valence-electron chi connectivity index (χ0n) is 17.9. The molecule has 0 spiro atoms. The number of aromatic nitrogens is 5. The predicted octanol–water partition coefficient (Wildman–Crippen LogP) is 3.55. The van der Waals surface area contributed by atoms with Crippen LogP contribution in [-0.2, 0) is 0 Å². The standard InChI is InChI=1S/C24H21FN6O2/c1-33-17-9-10-19(27-14-17)23-30-29-22(31(23)21-8-3-2-6-18(21)25)15-12-16(13-15)28-24(32)20-7-4-5-11-26-20/h2-11,14-16H,12-13H2,1H3,(H,28,32). The maximum Gasteiger partial charge on any atom is 0.270 e. The molecule has 3 aromatic heterocycles. The molecular weight excluding hydrogens is 423 g/mol. The summed E-state index contributed by atoms with van der Waals surface area (Å²) >= 11 is 0. The van der Waals surface area contributed by atoms with Crippen molar-refractivity contribution in [2.45, 2.75) is 24.8 Å². The maximum absolute atomic E-state index is 14.8. The van der Waals surface area contributed by atoms with Crippen LogP contribution in [0.15, 0.2) is 67.0 Å². The second-order valence-electron chi connectivity index (χ2n) is 7.81. The summed E-state index contributed by atoms with van der Waals surface area (Å²) in [6.45, 7) is 0. The smallest absolute Gasteiger partial charge is 0.270 e. The Morgan fingerprint density at radius 2 is 1.88 bits per heavy atom. The van der Waals surface area contributed by atoms with Gasteiger partial charge in [0.15, 0.2) is 5.82 Å². The number of nitrogens with zero attached hydrogens (tertiary/aromatic N) is 5. The van der Waals surface area contributed by atoms with Crippen molar-refractivity contribution in [1.29, 1.82) is 0 Å². The number of amides is 1. The lowest BCUT2D eigenvalue weighted by Gasteiger charge is -2.35. The van der Waals surface area contributed by atoms with E-state index in [0.29, 0.717) is 47.3 Å². The number of rotatable bonds is 6. The van der Waals surface area contributed by atoms with Crippen molar-refractivity contribution in [3.05, 3.63) is 84.3 Å². The van der Waals surface area contributed by atoms with E-state index in [1.165, 1.54) is 6.07 Å². The molecule has 0 saturated heterocycles. The molecule has 33 heavy (non-hydrogen) atoms. The third kappa shape index (κ3) is 4.05. The molecule has 4 aromatic rings. The van der Waals surface area contributed by atoms with E-state index in [1.54, 1.807) is 72.6 Å². The maximum atomic E-state index is 14.8. The third-order valence-electron chi connectivity index (χ3n) is 5.72. The molecule has 1 aromatic carbocycles. The molecule has 1 saturated carbocycles. The molecule has 166 valence electrons. The van der Waals surface area contributed by atoms with E-state index in [2.05, 4.69) is 25.5 Å². The molecule has 3 heterocycles. The summed E-state index contributed by atoms with van der Waals surface area (Å²) in [7, 11) is 1.57. The molecule has 0 atom stereocenters. The number of ether oxygens (including phenoxy) is 1. The van der Waals surface area contributed by atoms with Gasteiger partial charge in [-0.15, -0.1) is 10.2 Å². The molecule has 0 bridgehead atoms. The second-order valence-corrected chi connectivity index (χ2v) is 7.81. The number of methoxy groups -OCH3 is 1. The number of benzene rings is 1. The summed E-state index contributed by atoms with van der Waals surface area (Å²) in [4.78, 5) is 20.9. The lowest BCUT2D eigenvalue weighted by atomic mass is 9.79. The van der Waals surface area contributed by atoms with Gasteiger partial charge in [-0.25, -0.2) is 9.37 Å². The summed E-state index contributed by atoms with van der Waals surface area (Å²) in [6, 6.07) is 15.2. The van der Waals surface area contributed by atoms with E-state index in [9.17, 15) is 9.18 Å². The highest BCUT2D eigenvalue weighted by atomic mass is 19.1. The molecule has 9 heteroatoms. The summed E-state index contributed by atoms with van der Waals surface area (Å²) in [6.07, 6.45) is 4.51. The highest BCUT2D eigenvalue weighted by Gasteiger charge is 2.36. The van der Waals surface area contributed by atoms with Crippen molar-refractivity contribution < 1.29 is 13.9 Å². The molecule has 1 N–H and O–H groups in total. The van der Waals surface area contributed by atoms with Crippen molar-refractivity contribution in [3.8, 4) is 23.0 Å². The summed E-state index contributed by atoms with van der Waals surface area (Å²) < 4.78 is 21.7. The van der Waals surface area contributed by atoms with E-state index in [-0.39, 0.29) is 23.7 Å². The van der Waals surface area contributed by atoms with E-state index in [4.69, 9.17) is 4.74 Å². The van der Waals surface area contributed by atoms with E-state index >= 15 is 0 Å². The minimum absolute atomic E-state index is 0.0122. The van der Waals surface area contributed by atoms with Crippen LogP contribution in [0.1, 0.15) is 35.1 Å². The summed E-state index contributed by atoms with van der Waals surface area (Å²) in [5, 5.41) is 11.7. The van der Waals surface area contributed by atoms with Crippen molar-refractivity contribution in [2.24, 2.45) is 0 Å². The monoisotopic (exact) mass is 444 g/mol. The number of para-hydroxylation sites is 1. The van der Waals surface area contributed by atoms with Crippen LogP contribution < -0.4 is 10.1 Å². The van der Waals surface area contributed by atoms with Crippen LogP contribution >= 0.6 is 0 Å². The third-order valence-corrected chi connectivity index (χ3v) is 5.72. The molecule has 0 unspecified atom stereocenters. The fourth-order valence-corrected chi connectivity index (χ4v) is 3.93. The highest BCUT2D eigenvalue weighted by Crippen LogP contribution is 2.39. The highest BCUT2D eigenvalue weighted by molar-refractivity contribution is 5.92. The van der Waals surface area contributed by atoms with Gasteiger partial charge in [-0.1, -0.05) is 18.2 Å². The fourth-order valence-electron chi connectivity index (χ4n) is 3.93. The molecule has 1 aliphatic rings. The van der Waals surface area contributed by atoms with Gasteiger partial charge in [0.2, 0.25) is 0 Å². The molecule has 1 fully saturated rings. The van der Waals surface area contributed by atoms with E-state index < -0.39 is 0 Å². The molecule has 1 aliphatic carbocycles. The molecule has 1 amide bonds. The number of halogens is 1. The second kappa shape index (κ2) is 8.78. The molecular formula is C24H21FN6O2. The van der Waals surface area contributed by atoms with Gasteiger partial charge in [-0.2, -0.15) is 0 Å². The summed E-state index contributed by atoms with van der Waals surface area (Å²) in [5.41, 5.74) is 1.28. The minimum Gasteiger partial charge on any atom is -0.495 e. The number of carbonyl (C=O) groups is 1. The van der Waals surface area contributed by atoms with Crippen molar-refractivity contribution in [1.82, 2.24) is 30.0 Å². The van der Waals surface area contributed by atoms with Crippen molar-refractivity contribution in [3.63, 3.8) is 0 Å². The number of nitrogens with one attached hydrogen (secondary N) is 1. The van der Waals surface area contributed by atoms with Gasteiger partial charge >= 0.3 is 0 Å². The topological polar surface area (TPSA) is 94.8 Å². The molecule has 8 nitrogen and oxygen atoms in total. The molecule has 0 aliphatic heterocycles. The molecule has 0 radical (unpaired) electrons. The van der Waals surface area contributed by atoms with Crippen LogP contribution in [0.5, 0.6) is 5.75 Å². The quantitative estimate of drug-likeness (QED) is 0.489. The van der Waals surface area contributed by atoms with Gasteiger partial charge in [0, 0.05) is 18.2 Å². The number of carbonyl (C=O) groups excluding carboxylic acids is 1. The lowest BCUT2D eigenvalue weighted by Crippen LogP contribution is -2.44. The Bertz CT molecular complexity index is 1270. The van der Waals surface area contributed by atoms with Crippen LogP contribution in [0.25, 0.3) is 17.2 Å². The van der Waals surface area contributed by atoms with E-state index in [1.807, 2.05) is 0 Å². The Morgan fingerprint density at radius 1 is 1.06 bits per heavy atom. The Hall–Kier alpha value is -4.14. The first-order valence-corrected chi connectivity index (χ1v) is 10.6.